The maximum atomic E-state index is 15.2. The Balaban J connectivity index is 1.90. The zero-order chi connectivity index (χ0) is 19.2. The standard InChI is InChI=1S/C20H16F2N4O/c1-20(2,27)16-7-10-26-15(11-24-19(26)25-16)13-3-4-14(21)17(18(13)22)12-5-8-23-9-6-12/h3-11,27H,1-2H3. The molecule has 4 aromatic rings. The Kier molecular flexibility index (Phi) is 3.96. The fourth-order valence-electron chi connectivity index (χ4n) is 2.94. The summed E-state index contributed by atoms with van der Waals surface area (Å²) in [5.74, 6) is -1.02. The summed E-state index contributed by atoms with van der Waals surface area (Å²) < 4.78 is 31.1. The number of hydrogen-bond acceptors (Lipinski definition) is 4. The summed E-state index contributed by atoms with van der Waals surface area (Å²) in [4.78, 5) is 12.4. The first-order valence-electron chi connectivity index (χ1n) is 8.32. The summed E-state index contributed by atoms with van der Waals surface area (Å²) in [6, 6.07) is 7.35. The van der Waals surface area contributed by atoms with E-state index in [0.29, 0.717) is 22.7 Å². The average molecular weight is 366 g/mol. The minimum Gasteiger partial charge on any atom is -0.384 e. The Labute approximate surface area is 154 Å². The topological polar surface area (TPSA) is 63.3 Å². The van der Waals surface area contributed by atoms with Crippen LogP contribution in [0.4, 0.5) is 8.78 Å². The highest BCUT2D eigenvalue weighted by Gasteiger charge is 2.21. The molecule has 136 valence electrons. The molecule has 3 aromatic heterocycles. The van der Waals surface area contributed by atoms with Crippen molar-refractivity contribution in [3.05, 3.63) is 72.4 Å². The number of rotatable bonds is 3. The van der Waals surface area contributed by atoms with Crippen molar-refractivity contribution in [1.82, 2.24) is 19.4 Å². The van der Waals surface area contributed by atoms with Gasteiger partial charge in [0.15, 0.2) is 0 Å². The Morgan fingerprint density at radius 2 is 1.78 bits per heavy atom. The van der Waals surface area contributed by atoms with Crippen LogP contribution in [0, 0.1) is 11.6 Å². The first-order valence-corrected chi connectivity index (χ1v) is 8.32. The van der Waals surface area contributed by atoms with Crippen molar-refractivity contribution >= 4 is 5.78 Å². The van der Waals surface area contributed by atoms with Gasteiger partial charge >= 0.3 is 0 Å². The second-order valence-electron chi connectivity index (χ2n) is 6.71. The molecule has 5 nitrogen and oxygen atoms in total. The first kappa shape index (κ1) is 17.2. The zero-order valence-corrected chi connectivity index (χ0v) is 14.7. The van der Waals surface area contributed by atoms with Gasteiger partial charge in [-0.3, -0.25) is 9.38 Å². The molecule has 0 saturated heterocycles. The van der Waals surface area contributed by atoms with Crippen LogP contribution in [0.3, 0.4) is 0 Å². The van der Waals surface area contributed by atoms with E-state index in [1.165, 1.54) is 30.7 Å². The van der Waals surface area contributed by atoms with Crippen molar-refractivity contribution in [3.63, 3.8) is 0 Å². The van der Waals surface area contributed by atoms with Crippen molar-refractivity contribution in [2.75, 3.05) is 0 Å². The SMILES string of the molecule is CC(C)(O)c1ccn2c(-c3ccc(F)c(-c4ccncc4)c3F)cnc2n1. The molecule has 0 unspecified atom stereocenters. The van der Waals surface area contributed by atoms with E-state index in [1.54, 1.807) is 42.6 Å². The van der Waals surface area contributed by atoms with Crippen molar-refractivity contribution in [3.8, 4) is 22.4 Å². The maximum Gasteiger partial charge on any atom is 0.234 e. The molecule has 0 aliphatic carbocycles. The second kappa shape index (κ2) is 6.21. The van der Waals surface area contributed by atoms with E-state index in [2.05, 4.69) is 15.0 Å². The second-order valence-corrected chi connectivity index (χ2v) is 6.71. The number of fused-ring (bicyclic) bond motifs is 1. The predicted molar refractivity (Wildman–Crippen MR) is 96.8 cm³/mol. The van der Waals surface area contributed by atoms with Crippen LogP contribution < -0.4 is 0 Å². The van der Waals surface area contributed by atoms with Gasteiger partial charge in [-0.1, -0.05) is 0 Å². The van der Waals surface area contributed by atoms with Gasteiger partial charge in [-0.2, -0.15) is 0 Å². The third-order valence-electron chi connectivity index (χ3n) is 4.34. The third kappa shape index (κ3) is 2.96. The fourth-order valence-corrected chi connectivity index (χ4v) is 2.94. The van der Waals surface area contributed by atoms with Crippen LogP contribution in [0.2, 0.25) is 0 Å². The van der Waals surface area contributed by atoms with Gasteiger partial charge in [0.2, 0.25) is 5.78 Å². The summed E-state index contributed by atoms with van der Waals surface area (Å²) in [5, 5.41) is 10.1. The van der Waals surface area contributed by atoms with Gasteiger partial charge in [0, 0.05) is 24.2 Å². The molecule has 27 heavy (non-hydrogen) atoms. The predicted octanol–water partition coefficient (Wildman–Crippen LogP) is 3.96. The first-order chi connectivity index (χ1) is 12.9. The number of benzene rings is 1. The summed E-state index contributed by atoms with van der Waals surface area (Å²) in [5.41, 5.74) is 0.248. The van der Waals surface area contributed by atoms with Gasteiger partial charge < -0.3 is 5.11 Å². The van der Waals surface area contributed by atoms with E-state index in [-0.39, 0.29) is 11.1 Å². The lowest BCUT2D eigenvalue weighted by atomic mass is 10.0. The van der Waals surface area contributed by atoms with Crippen LogP contribution in [0.25, 0.3) is 28.2 Å². The van der Waals surface area contributed by atoms with E-state index in [4.69, 9.17) is 0 Å². The number of aromatic nitrogens is 4. The summed E-state index contributed by atoms with van der Waals surface area (Å²) in [6.45, 7) is 3.24. The molecule has 0 aliphatic rings. The minimum atomic E-state index is -1.12. The molecule has 1 N–H and O–H groups in total. The molecule has 4 rings (SSSR count). The highest BCUT2D eigenvalue weighted by Crippen LogP contribution is 2.33. The monoisotopic (exact) mass is 366 g/mol. The van der Waals surface area contributed by atoms with Gasteiger partial charge in [0.25, 0.3) is 0 Å². The van der Waals surface area contributed by atoms with Crippen LogP contribution in [0.5, 0.6) is 0 Å². The third-order valence-corrected chi connectivity index (χ3v) is 4.34. The molecule has 0 amide bonds. The molecule has 0 atom stereocenters. The largest absolute Gasteiger partial charge is 0.384 e. The highest BCUT2D eigenvalue weighted by atomic mass is 19.1. The number of nitrogens with zero attached hydrogens (tertiary/aromatic N) is 4. The van der Waals surface area contributed by atoms with Crippen molar-refractivity contribution in [1.29, 1.82) is 0 Å². The fraction of sp³-hybridized carbons (Fsp3) is 0.150. The number of halogens is 2. The van der Waals surface area contributed by atoms with Crippen molar-refractivity contribution in [2.45, 2.75) is 19.4 Å². The highest BCUT2D eigenvalue weighted by molar-refractivity contribution is 5.74. The Bertz CT molecular complexity index is 1130. The quantitative estimate of drug-likeness (QED) is 0.596. The van der Waals surface area contributed by atoms with Crippen molar-refractivity contribution in [2.24, 2.45) is 0 Å². The lowest BCUT2D eigenvalue weighted by Gasteiger charge is -2.16. The number of aliphatic hydroxyl groups is 1. The van der Waals surface area contributed by atoms with Gasteiger partial charge in [0.05, 0.1) is 23.1 Å². The Morgan fingerprint density at radius 3 is 2.48 bits per heavy atom. The van der Waals surface area contributed by atoms with Gasteiger partial charge in [-0.05, 0) is 49.7 Å². The number of imidazole rings is 1. The van der Waals surface area contributed by atoms with Crippen LogP contribution in [-0.4, -0.2) is 24.5 Å². The number of pyridine rings is 1. The summed E-state index contributed by atoms with van der Waals surface area (Å²) >= 11 is 0. The van der Waals surface area contributed by atoms with Gasteiger partial charge in [-0.15, -0.1) is 0 Å². The van der Waals surface area contributed by atoms with Crippen LogP contribution in [0.1, 0.15) is 19.5 Å². The summed E-state index contributed by atoms with van der Waals surface area (Å²) in [6.07, 6.45) is 6.10. The molecule has 0 aliphatic heterocycles. The smallest absolute Gasteiger partial charge is 0.234 e. The van der Waals surface area contributed by atoms with E-state index >= 15 is 4.39 Å². The molecular weight excluding hydrogens is 350 g/mol. The lowest BCUT2D eigenvalue weighted by Crippen LogP contribution is -2.18. The molecule has 0 spiro atoms. The molecule has 0 fully saturated rings. The minimum absolute atomic E-state index is 0.120. The van der Waals surface area contributed by atoms with Crippen LogP contribution in [-0.2, 0) is 5.60 Å². The zero-order valence-electron chi connectivity index (χ0n) is 14.7. The van der Waals surface area contributed by atoms with E-state index in [1.807, 2.05) is 0 Å². The molecule has 7 heteroatoms. The molecule has 0 radical (unpaired) electrons. The molecule has 1 aromatic carbocycles. The molecule has 0 bridgehead atoms. The molecular formula is C20H16F2N4O. The van der Waals surface area contributed by atoms with E-state index in [0.717, 1.165) is 0 Å². The van der Waals surface area contributed by atoms with Crippen molar-refractivity contribution < 1.29 is 13.9 Å². The number of hydrogen-bond donors (Lipinski definition) is 1. The van der Waals surface area contributed by atoms with Gasteiger partial charge in [-0.25, -0.2) is 18.7 Å². The van der Waals surface area contributed by atoms with E-state index in [9.17, 15) is 9.50 Å². The van der Waals surface area contributed by atoms with E-state index < -0.39 is 17.2 Å². The molecule has 3 heterocycles. The molecule has 0 saturated carbocycles. The van der Waals surface area contributed by atoms with Gasteiger partial charge in [0.1, 0.15) is 17.2 Å². The van der Waals surface area contributed by atoms with Crippen LogP contribution in [0.15, 0.2) is 55.1 Å². The summed E-state index contributed by atoms with van der Waals surface area (Å²) in [7, 11) is 0. The lowest BCUT2D eigenvalue weighted by molar-refractivity contribution is 0.0739. The Hall–Kier alpha value is -3.19. The maximum absolute atomic E-state index is 15.2. The normalized spacial score (nSPS) is 11.9. The Morgan fingerprint density at radius 1 is 1.04 bits per heavy atom. The average Bonchev–Trinajstić information content (AvgIpc) is 3.05. The van der Waals surface area contributed by atoms with Crippen LogP contribution >= 0.6 is 0 Å².